The second-order valence-electron chi connectivity index (χ2n) is 6.07. The van der Waals surface area contributed by atoms with Crippen molar-refractivity contribution in [1.29, 1.82) is 0 Å². The van der Waals surface area contributed by atoms with Gasteiger partial charge in [-0.15, -0.1) is 0 Å². The number of nitrogens with two attached hydrogens (primary N) is 1. The summed E-state index contributed by atoms with van der Waals surface area (Å²) in [6.07, 6.45) is 0.617. The number of benzene rings is 1. The van der Waals surface area contributed by atoms with Crippen LogP contribution in [0.15, 0.2) is 18.2 Å². The van der Waals surface area contributed by atoms with E-state index in [1.807, 2.05) is 25.1 Å². The molecule has 1 heterocycles. The van der Waals surface area contributed by atoms with Gasteiger partial charge in [-0.3, -0.25) is 4.79 Å². The Kier molecular flexibility index (Phi) is 3.81. The van der Waals surface area contributed by atoms with Gasteiger partial charge in [-0.25, -0.2) is 4.98 Å². The molecular weight excluding hydrogens is 252 g/mol. The van der Waals surface area contributed by atoms with Crippen LogP contribution in [0.3, 0.4) is 0 Å². The topological polar surface area (TPSA) is 83.8 Å². The van der Waals surface area contributed by atoms with E-state index in [4.69, 9.17) is 5.73 Å². The first-order valence-electron chi connectivity index (χ1n) is 6.88. The second-order valence-corrected chi connectivity index (χ2v) is 6.07. The van der Waals surface area contributed by atoms with Crippen LogP contribution in [0.1, 0.15) is 39.9 Å². The molecular formula is C15H22N4O. The fourth-order valence-corrected chi connectivity index (χ4v) is 1.86. The molecule has 0 aliphatic carbocycles. The quantitative estimate of drug-likeness (QED) is 0.804. The van der Waals surface area contributed by atoms with Crippen molar-refractivity contribution in [2.24, 2.45) is 5.73 Å². The lowest BCUT2D eigenvalue weighted by atomic mass is 9.96. The van der Waals surface area contributed by atoms with E-state index >= 15 is 0 Å². The molecule has 0 saturated heterocycles. The van der Waals surface area contributed by atoms with Crippen LogP contribution in [0.4, 0.5) is 5.69 Å². The fraction of sp³-hybridized carbons (Fsp3) is 0.467. The van der Waals surface area contributed by atoms with Crippen LogP contribution in [-0.4, -0.2) is 21.9 Å². The summed E-state index contributed by atoms with van der Waals surface area (Å²) >= 11 is 0. The summed E-state index contributed by atoms with van der Waals surface area (Å²) in [7, 11) is 0. The van der Waals surface area contributed by atoms with E-state index in [1.165, 1.54) is 0 Å². The Bertz CT molecular complexity index is 624. The van der Waals surface area contributed by atoms with Crippen molar-refractivity contribution in [2.75, 3.05) is 5.32 Å². The van der Waals surface area contributed by atoms with E-state index in [0.717, 1.165) is 22.5 Å². The van der Waals surface area contributed by atoms with Crippen molar-refractivity contribution in [1.82, 2.24) is 9.97 Å². The van der Waals surface area contributed by atoms with Gasteiger partial charge in [-0.05, 0) is 24.6 Å². The Labute approximate surface area is 119 Å². The molecule has 2 aromatic rings. The number of carbonyl (C=O) groups is 1. The van der Waals surface area contributed by atoms with Crippen LogP contribution in [-0.2, 0) is 10.2 Å². The Hall–Kier alpha value is -1.88. The number of nitrogens with one attached hydrogen (secondary N) is 2. The molecule has 0 fully saturated rings. The van der Waals surface area contributed by atoms with Crippen molar-refractivity contribution < 1.29 is 4.79 Å². The summed E-state index contributed by atoms with van der Waals surface area (Å²) in [6, 6.07) is 5.15. The van der Waals surface area contributed by atoms with Gasteiger partial charge < -0.3 is 16.0 Å². The molecule has 1 atom stereocenters. The molecule has 0 radical (unpaired) electrons. The van der Waals surface area contributed by atoms with E-state index in [0.29, 0.717) is 6.42 Å². The van der Waals surface area contributed by atoms with Crippen molar-refractivity contribution >= 4 is 22.6 Å². The second kappa shape index (κ2) is 5.25. The Morgan fingerprint density at radius 1 is 1.45 bits per heavy atom. The van der Waals surface area contributed by atoms with Crippen LogP contribution < -0.4 is 11.1 Å². The van der Waals surface area contributed by atoms with Gasteiger partial charge >= 0.3 is 0 Å². The Morgan fingerprint density at radius 3 is 2.75 bits per heavy atom. The SMILES string of the molecule is CC[C@@H](N)C(=O)Nc1ccc2nc(C(C)(C)C)[nH]c2c1. The molecule has 20 heavy (non-hydrogen) atoms. The normalized spacial score (nSPS) is 13.4. The molecule has 1 aromatic heterocycles. The predicted octanol–water partition coefficient (Wildman–Crippen LogP) is 2.54. The van der Waals surface area contributed by atoms with Crippen LogP contribution in [0, 0.1) is 0 Å². The van der Waals surface area contributed by atoms with Crippen LogP contribution in [0.2, 0.25) is 0 Å². The van der Waals surface area contributed by atoms with Crippen molar-refractivity contribution in [3.8, 4) is 0 Å². The molecule has 0 unspecified atom stereocenters. The largest absolute Gasteiger partial charge is 0.341 e. The molecule has 4 N–H and O–H groups in total. The lowest BCUT2D eigenvalue weighted by Gasteiger charge is -2.13. The number of H-pyrrole nitrogens is 1. The number of anilines is 1. The van der Waals surface area contributed by atoms with Gasteiger partial charge in [0, 0.05) is 11.1 Å². The maximum Gasteiger partial charge on any atom is 0.241 e. The Morgan fingerprint density at radius 2 is 2.15 bits per heavy atom. The fourth-order valence-electron chi connectivity index (χ4n) is 1.86. The van der Waals surface area contributed by atoms with Gasteiger partial charge in [0.25, 0.3) is 0 Å². The third-order valence-electron chi connectivity index (χ3n) is 3.24. The summed E-state index contributed by atoms with van der Waals surface area (Å²) in [6.45, 7) is 8.20. The van der Waals surface area contributed by atoms with Gasteiger partial charge in [0.15, 0.2) is 0 Å². The van der Waals surface area contributed by atoms with Crippen LogP contribution in [0.5, 0.6) is 0 Å². The molecule has 0 saturated carbocycles. The summed E-state index contributed by atoms with van der Waals surface area (Å²) in [5.74, 6) is 0.767. The van der Waals surface area contributed by atoms with Crippen molar-refractivity contribution in [3.05, 3.63) is 24.0 Å². The third kappa shape index (κ3) is 2.99. The van der Waals surface area contributed by atoms with Crippen molar-refractivity contribution in [3.63, 3.8) is 0 Å². The highest BCUT2D eigenvalue weighted by molar-refractivity contribution is 5.96. The van der Waals surface area contributed by atoms with Gasteiger partial charge in [0.05, 0.1) is 17.1 Å². The standard InChI is InChI=1S/C15H22N4O/c1-5-10(16)13(20)17-9-6-7-11-12(8-9)19-14(18-11)15(2,3)4/h6-8,10H,5,16H2,1-4H3,(H,17,20)(H,18,19)/t10-/m1/s1. The molecule has 0 aliphatic rings. The molecule has 0 bridgehead atoms. The minimum atomic E-state index is -0.474. The van der Waals surface area contributed by atoms with Gasteiger partial charge in [0.2, 0.25) is 5.91 Å². The number of imidazole rings is 1. The molecule has 1 amide bonds. The molecule has 5 nitrogen and oxygen atoms in total. The number of fused-ring (bicyclic) bond motifs is 1. The molecule has 2 rings (SSSR count). The first kappa shape index (κ1) is 14.5. The summed E-state index contributed by atoms with van der Waals surface area (Å²) in [4.78, 5) is 19.6. The zero-order chi connectivity index (χ0) is 14.9. The summed E-state index contributed by atoms with van der Waals surface area (Å²) in [5, 5.41) is 2.82. The predicted molar refractivity (Wildman–Crippen MR) is 81.7 cm³/mol. The van der Waals surface area contributed by atoms with E-state index in [9.17, 15) is 4.79 Å². The minimum Gasteiger partial charge on any atom is -0.341 e. The average molecular weight is 274 g/mol. The Balaban J connectivity index is 2.27. The number of hydrogen-bond acceptors (Lipinski definition) is 3. The molecule has 5 heteroatoms. The molecule has 0 spiro atoms. The van der Waals surface area contributed by atoms with Crippen LogP contribution >= 0.6 is 0 Å². The highest BCUT2D eigenvalue weighted by atomic mass is 16.2. The van der Waals surface area contributed by atoms with Gasteiger partial charge in [0.1, 0.15) is 5.82 Å². The number of aromatic amines is 1. The summed E-state index contributed by atoms with van der Waals surface area (Å²) < 4.78 is 0. The van der Waals surface area contributed by atoms with Crippen LogP contribution in [0.25, 0.3) is 11.0 Å². The minimum absolute atomic E-state index is 0.0347. The number of aromatic nitrogens is 2. The number of hydrogen-bond donors (Lipinski definition) is 3. The maximum absolute atomic E-state index is 11.8. The highest BCUT2D eigenvalue weighted by Crippen LogP contribution is 2.24. The van der Waals surface area contributed by atoms with E-state index in [2.05, 4.69) is 36.1 Å². The average Bonchev–Trinajstić information content (AvgIpc) is 2.80. The number of nitrogens with zero attached hydrogens (tertiary/aromatic N) is 1. The van der Waals surface area contributed by atoms with E-state index < -0.39 is 6.04 Å². The van der Waals surface area contributed by atoms with Gasteiger partial charge in [-0.2, -0.15) is 0 Å². The first-order chi connectivity index (χ1) is 9.31. The number of rotatable bonds is 3. The van der Waals surface area contributed by atoms with Gasteiger partial charge in [-0.1, -0.05) is 27.7 Å². The first-order valence-corrected chi connectivity index (χ1v) is 6.88. The zero-order valence-corrected chi connectivity index (χ0v) is 12.4. The highest BCUT2D eigenvalue weighted by Gasteiger charge is 2.18. The molecule has 1 aromatic carbocycles. The molecule has 0 aliphatic heterocycles. The van der Waals surface area contributed by atoms with Crippen molar-refractivity contribution in [2.45, 2.75) is 45.6 Å². The lowest BCUT2D eigenvalue weighted by molar-refractivity contribution is -0.117. The lowest BCUT2D eigenvalue weighted by Crippen LogP contribution is -2.34. The zero-order valence-electron chi connectivity index (χ0n) is 12.4. The van der Waals surface area contributed by atoms with E-state index in [-0.39, 0.29) is 11.3 Å². The molecule has 108 valence electrons. The van der Waals surface area contributed by atoms with E-state index in [1.54, 1.807) is 0 Å². The maximum atomic E-state index is 11.8. The smallest absolute Gasteiger partial charge is 0.241 e. The number of carbonyl (C=O) groups excluding carboxylic acids is 1. The third-order valence-corrected chi connectivity index (χ3v) is 3.24. The monoisotopic (exact) mass is 274 g/mol. The number of amides is 1. The summed E-state index contributed by atoms with van der Waals surface area (Å²) in [5.41, 5.74) is 8.21.